The molecule has 0 aliphatic carbocycles. The van der Waals surface area contributed by atoms with E-state index in [9.17, 15) is 18.0 Å². The molecule has 2 heterocycles. The zero-order valence-electron chi connectivity index (χ0n) is 16.2. The van der Waals surface area contributed by atoms with Crippen LogP contribution in [0.5, 0.6) is 0 Å². The highest BCUT2D eigenvalue weighted by Gasteiger charge is 2.31. The van der Waals surface area contributed by atoms with Crippen molar-refractivity contribution in [3.05, 3.63) is 46.8 Å². The lowest BCUT2D eigenvalue weighted by Gasteiger charge is -2.33. The molecule has 0 spiro atoms. The van der Waals surface area contributed by atoms with Gasteiger partial charge in [0, 0.05) is 36.5 Å². The van der Waals surface area contributed by atoms with E-state index in [0.717, 1.165) is 16.2 Å². The second-order valence-electron chi connectivity index (χ2n) is 6.53. The van der Waals surface area contributed by atoms with Gasteiger partial charge in [0.05, 0.1) is 18.4 Å². The SMILES string of the molecule is COC(=O)c1csc(S(=O)(=O)N2CCN(C(=O)CSc3ccc(C)cc3)CC2)c1. The summed E-state index contributed by atoms with van der Waals surface area (Å²) in [5.41, 5.74) is 1.39. The number of benzene rings is 1. The van der Waals surface area contributed by atoms with E-state index in [2.05, 4.69) is 4.74 Å². The molecule has 7 nitrogen and oxygen atoms in total. The summed E-state index contributed by atoms with van der Waals surface area (Å²) in [4.78, 5) is 26.7. The van der Waals surface area contributed by atoms with Gasteiger partial charge >= 0.3 is 5.97 Å². The molecule has 3 rings (SSSR count). The van der Waals surface area contributed by atoms with Gasteiger partial charge in [-0.25, -0.2) is 13.2 Å². The number of thiophene rings is 1. The number of nitrogens with zero attached hydrogens (tertiary/aromatic N) is 2. The van der Waals surface area contributed by atoms with Gasteiger partial charge in [-0.1, -0.05) is 17.7 Å². The number of amides is 1. The molecule has 10 heteroatoms. The molecule has 2 aromatic rings. The molecule has 1 aliphatic heterocycles. The molecule has 1 saturated heterocycles. The summed E-state index contributed by atoms with van der Waals surface area (Å²) in [6.45, 7) is 3.17. The molecule has 0 N–H and O–H groups in total. The van der Waals surface area contributed by atoms with Crippen molar-refractivity contribution in [2.45, 2.75) is 16.0 Å². The first-order valence-corrected chi connectivity index (χ1v) is 12.3. The summed E-state index contributed by atoms with van der Waals surface area (Å²) in [7, 11) is -2.44. The molecule has 1 aromatic carbocycles. The quantitative estimate of drug-likeness (QED) is 0.493. The van der Waals surface area contributed by atoms with Gasteiger partial charge in [0.25, 0.3) is 10.0 Å². The summed E-state index contributed by atoms with van der Waals surface area (Å²) in [6.07, 6.45) is 0. The van der Waals surface area contributed by atoms with E-state index in [1.165, 1.54) is 40.2 Å². The Bertz CT molecular complexity index is 978. The number of methoxy groups -OCH3 is 1. The van der Waals surface area contributed by atoms with E-state index >= 15 is 0 Å². The number of ether oxygens (including phenoxy) is 1. The fourth-order valence-corrected chi connectivity index (χ4v) is 6.38. The summed E-state index contributed by atoms with van der Waals surface area (Å²) in [6, 6.07) is 9.32. The highest BCUT2D eigenvalue weighted by molar-refractivity contribution is 8.00. The number of piperazine rings is 1. The molecule has 1 aliphatic rings. The van der Waals surface area contributed by atoms with Crippen molar-refractivity contribution in [3.63, 3.8) is 0 Å². The van der Waals surface area contributed by atoms with Crippen LogP contribution in [-0.2, 0) is 19.6 Å². The molecule has 0 radical (unpaired) electrons. The van der Waals surface area contributed by atoms with Crippen molar-refractivity contribution >= 4 is 45.0 Å². The Morgan fingerprint density at radius 2 is 1.79 bits per heavy atom. The van der Waals surface area contributed by atoms with Crippen molar-refractivity contribution in [1.29, 1.82) is 0 Å². The highest BCUT2D eigenvalue weighted by Crippen LogP contribution is 2.26. The highest BCUT2D eigenvalue weighted by atomic mass is 32.2. The second kappa shape index (κ2) is 9.29. The van der Waals surface area contributed by atoms with Gasteiger partial charge in [-0.3, -0.25) is 4.79 Å². The predicted octanol–water partition coefficient (Wildman–Crippen LogP) is 2.47. The number of sulfonamides is 1. The normalized spacial score (nSPS) is 15.3. The Balaban J connectivity index is 1.55. The second-order valence-corrected chi connectivity index (χ2v) is 10.7. The predicted molar refractivity (Wildman–Crippen MR) is 113 cm³/mol. The lowest BCUT2D eigenvalue weighted by Crippen LogP contribution is -2.50. The monoisotopic (exact) mass is 454 g/mol. The van der Waals surface area contributed by atoms with Gasteiger partial charge in [-0.05, 0) is 25.1 Å². The summed E-state index contributed by atoms with van der Waals surface area (Å²) in [5, 5.41) is 1.47. The number of hydrogen-bond acceptors (Lipinski definition) is 7. The molecule has 0 atom stereocenters. The molecule has 0 saturated carbocycles. The first kappa shape index (κ1) is 21.8. The Morgan fingerprint density at radius 3 is 2.41 bits per heavy atom. The Kier molecular flexibility index (Phi) is 6.99. The van der Waals surface area contributed by atoms with E-state index in [1.54, 1.807) is 4.90 Å². The fraction of sp³-hybridized carbons (Fsp3) is 0.368. The van der Waals surface area contributed by atoms with Crippen molar-refractivity contribution in [2.75, 3.05) is 39.0 Å². The van der Waals surface area contributed by atoms with Crippen molar-refractivity contribution in [2.24, 2.45) is 0 Å². The molecule has 156 valence electrons. The van der Waals surface area contributed by atoms with Crippen LogP contribution in [0, 0.1) is 6.92 Å². The molecule has 1 aromatic heterocycles. The van der Waals surface area contributed by atoms with Crippen LogP contribution in [-0.4, -0.2) is 68.5 Å². The van der Waals surface area contributed by atoms with Gasteiger partial charge < -0.3 is 9.64 Å². The van der Waals surface area contributed by atoms with Gasteiger partial charge in [-0.2, -0.15) is 4.31 Å². The number of esters is 1. The van der Waals surface area contributed by atoms with Crippen molar-refractivity contribution in [1.82, 2.24) is 9.21 Å². The number of carbonyl (C=O) groups is 2. The number of aryl methyl sites for hydroxylation is 1. The molecular weight excluding hydrogens is 432 g/mol. The minimum absolute atomic E-state index is 0.00303. The maximum absolute atomic E-state index is 12.8. The largest absolute Gasteiger partial charge is 0.465 e. The third-order valence-electron chi connectivity index (χ3n) is 4.57. The molecule has 29 heavy (non-hydrogen) atoms. The zero-order valence-corrected chi connectivity index (χ0v) is 18.6. The standard InChI is InChI=1S/C19H22N2O5S3/c1-14-3-5-16(6-4-14)27-13-17(22)20-7-9-21(10-8-20)29(24,25)18-11-15(12-28-18)19(23)26-2/h3-6,11-12H,7-10,13H2,1-2H3. The third kappa shape index (κ3) is 5.19. The van der Waals surface area contributed by atoms with E-state index in [4.69, 9.17) is 0 Å². The van der Waals surface area contributed by atoms with Crippen LogP contribution >= 0.6 is 23.1 Å². The topological polar surface area (TPSA) is 84.0 Å². The third-order valence-corrected chi connectivity index (χ3v) is 8.88. The van der Waals surface area contributed by atoms with Crippen LogP contribution in [0.25, 0.3) is 0 Å². The van der Waals surface area contributed by atoms with Crippen LogP contribution in [0.4, 0.5) is 0 Å². The van der Waals surface area contributed by atoms with Crippen molar-refractivity contribution < 1.29 is 22.7 Å². The van der Waals surface area contributed by atoms with Gasteiger partial charge in [-0.15, -0.1) is 23.1 Å². The van der Waals surface area contributed by atoms with Gasteiger partial charge in [0.2, 0.25) is 5.91 Å². The Labute approximate surface area is 178 Å². The number of rotatable bonds is 6. The van der Waals surface area contributed by atoms with Crippen LogP contribution in [0.1, 0.15) is 15.9 Å². The lowest BCUT2D eigenvalue weighted by atomic mass is 10.2. The van der Waals surface area contributed by atoms with E-state index < -0.39 is 16.0 Å². The average Bonchev–Trinajstić information content (AvgIpc) is 3.24. The molecule has 1 fully saturated rings. The summed E-state index contributed by atoms with van der Waals surface area (Å²) >= 11 is 2.47. The molecule has 1 amide bonds. The van der Waals surface area contributed by atoms with E-state index in [-0.39, 0.29) is 28.8 Å². The van der Waals surface area contributed by atoms with Gasteiger partial charge in [0.15, 0.2) is 0 Å². The smallest absolute Gasteiger partial charge is 0.338 e. The molecule has 0 bridgehead atoms. The van der Waals surface area contributed by atoms with Crippen LogP contribution in [0.3, 0.4) is 0 Å². The first-order chi connectivity index (χ1) is 13.8. The number of thioether (sulfide) groups is 1. The van der Waals surface area contributed by atoms with E-state index in [1.807, 2.05) is 31.2 Å². The summed E-state index contributed by atoms with van der Waals surface area (Å²) < 4.78 is 31.7. The van der Waals surface area contributed by atoms with Crippen molar-refractivity contribution in [3.8, 4) is 0 Å². The minimum atomic E-state index is -3.69. The van der Waals surface area contributed by atoms with Gasteiger partial charge in [0.1, 0.15) is 4.21 Å². The zero-order chi connectivity index (χ0) is 21.0. The maximum Gasteiger partial charge on any atom is 0.338 e. The number of hydrogen-bond donors (Lipinski definition) is 0. The Morgan fingerprint density at radius 1 is 1.14 bits per heavy atom. The fourth-order valence-electron chi connectivity index (χ4n) is 2.85. The van der Waals surface area contributed by atoms with Crippen LogP contribution in [0.2, 0.25) is 0 Å². The number of carbonyl (C=O) groups excluding carboxylic acids is 2. The first-order valence-electron chi connectivity index (χ1n) is 8.95. The van der Waals surface area contributed by atoms with Crippen LogP contribution in [0.15, 0.2) is 44.8 Å². The minimum Gasteiger partial charge on any atom is -0.465 e. The average molecular weight is 455 g/mol. The molecule has 0 unspecified atom stereocenters. The van der Waals surface area contributed by atoms with Crippen LogP contribution < -0.4 is 0 Å². The van der Waals surface area contributed by atoms with E-state index in [0.29, 0.717) is 18.8 Å². The lowest BCUT2D eigenvalue weighted by molar-refractivity contribution is -0.129. The summed E-state index contributed by atoms with van der Waals surface area (Å²) in [5.74, 6) is -0.246. The molecular formula is C19H22N2O5S3. The Hall–Kier alpha value is -1.88. The maximum atomic E-state index is 12.8.